The summed E-state index contributed by atoms with van der Waals surface area (Å²) in [6.45, 7) is 5.38. The molecule has 1 heterocycles. The van der Waals surface area contributed by atoms with Crippen LogP contribution < -0.4 is 4.90 Å². The molecular weight excluding hydrogens is 258 g/mol. The van der Waals surface area contributed by atoms with Gasteiger partial charge in [-0.15, -0.1) is 0 Å². The average Bonchev–Trinajstić information content (AvgIpc) is 2.39. The Hall–Kier alpha value is -1.88. The standard InChI is InChI=1S/C15H19NO4/c1-4-20-15(19)11-5-6-13-12(8-11)7-9(2)14(18)16(13)10(3)17/h5-6,8-9,14,18H,4,7H2,1-3H3/t9-,14+/m1/s1. The Morgan fingerprint density at radius 3 is 2.75 bits per heavy atom. The number of rotatable bonds is 2. The van der Waals surface area contributed by atoms with Crippen molar-refractivity contribution < 1.29 is 19.4 Å². The number of carbonyl (C=O) groups is 2. The summed E-state index contributed by atoms with van der Waals surface area (Å²) < 4.78 is 4.97. The Morgan fingerprint density at radius 1 is 1.45 bits per heavy atom. The molecule has 2 rings (SSSR count). The number of aliphatic hydroxyl groups is 1. The fraction of sp³-hybridized carbons (Fsp3) is 0.467. The molecule has 2 atom stereocenters. The van der Waals surface area contributed by atoms with Crippen LogP contribution in [0, 0.1) is 5.92 Å². The number of esters is 1. The number of benzene rings is 1. The highest BCUT2D eigenvalue weighted by Gasteiger charge is 2.33. The molecule has 0 unspecified atom stereocenters. The fourth-order valence-electron chi connectivity index (χ4n) is 2.53. The van der Waals surface area contributed by atoms with Crippen molar-refractivity contribution >= 4 is 17.6 Å². The molecule has 0 bridgehead atoms. The minimum atomic E-state index is -0.826. The summed E-state index contributed by atoms with van der Waals surface area (Å²) >= 11 is 0. The third-order valence-corrected chi connectivity index (χ3v) is 3.50. The molecule has 1 aromatic carbocycles. The van der Waals surface area contributed by atoms with Gasteiger partial charge in [-0.3, -0.25) is 9.69 Å². The zero-order valence-electron chi connectivity index (χ0n) is 11.9. The van der Waals surface area contributed by atoms with E-state index < -0.39 is 6.23 Å². The normalized spacial score (nSPS) is 21.3. The second kappa shape index (κ2) is 5.63. The summed E-state index contributed by atoms with van der Waals surface area (Å²) in [5, 5.41) is 10.1. The van der Waals surface area contributed by atoms with E-state index in [1.54, 1.807) is 25.1 Å². The zero-order valence-corrected chi connectivity index (χ0v) is 11.9. The maximum Gasteiger partial charge on any atom is 0.338 e. The summed E-state index contributed by atoms with van der Waals surface area (Å²) in [4.78, 5) is 24.8. The van der Waals surface area contributed by atoms with Crippen LogP contribution >= 0.6 is 0 Å². The quantitative estimate of drug-likeness (QED) is 0.836. The summed E-state index contributed by atoms with van der Waals surface area (Å²) in [6.07, 6.45) is -0.207. The Balaban J connectivity index is 2.41. The van der Waals surface area contributed by atoms with Gasteiger partial charge in [0.15, 0.2) is 0 Å². The first-order chi connectivity index (χ1) is 9.45. The monoisotopic (exact) mass is 277 g/mol. The topological polar surface area (TPSA) is 66.8 Å². The largest absolute Gasteiger partial charge is 0.462 e. The van der Waals surface area contributed by atoms with Gasteiger partial charge in [0, 0.05) is 18.5 Å². The zero-order chi connectivity index (χ0) is 14.9. The molecule has 0 aromatic heterocycles. The molecule has 1 N–H and O–H groups in total. The molecule has 0 spiro atoms. The first-order valence-corrected chi connectivity index (χ1v) is 6.73. The van der Waals surface area contributed by atoms with Gasteiger partial charge in [0.25, 0.3) is 0 Å². The van der Waals surface area contributed by atoms with Gasteiger partial charge in [0.2, 0.25) is 5.91 Å². The maximum absolute atomic E-state index is 11.7. The molecule has 0 fully saturated rings. The first-order valence-electron chi connectivity index (χ1n) is 6.73. The molecule has 108 valence electrons. The number of ether oxygens (including phenoxy) is 1. The highest BCUT2D eigenvalue weighted by molar-refractivity contribution is 5.95. The van der Waals surface area contributed by atoms with Gasteiger partial charge in [-0.25, -0.2) is 4.79 Å². The number of hydrogen-bond acceptors (Lipinski definition) is 4. The molecule has 20 heavy (non-hydrogen) atoms. The number of carbonyl (C=O) groups excluding carboxylic acids is 2. The van der Waals surface area contributed by atoms with E-state index in [1.807, 2.05) is 6.92 Å². The first kappa shape index (κ1) is 14.5. The van der Waals surface area contributed by atoms with Gasteiger partial charge in [-0.05, 0) is 37.1 Å². The number of amides is 1. The lowest BCUT2D eigenvalue weighted by atomic mass is 9.91. The van der Waals surface area contributed by atoms with Crippen LogP contribution in [0.25, 0.3) is 0 Å². The van der Waals surface area contributed by atoms with Crippen LogP contribution in [0.15, 0.2) is 18.2 Å². The van der Waals surface area contributed by atoms with Crippen LogP contribution in [-0.4, -0.2) is 29.8 Å². The molecule has 0 saturated heterocycles. The number of aliphatic hydroxyl groups excluding tert-OH is 1. The molecular formula is C15H19NO4. The molecule has 5 nitrogen and oxygen atoms in total. The Bertz CT molecular complexity index is 541. The summed E-state index contributed by atoms with van der Waals surface area (Å²) in [7, 11) is 0. The molecule has 1 aliphatic heterocycles. The van der Waals surface area contributed by atoms with Crippen LogP contribution in [0.1, 0.15) is 36.7 Å². The molecule has 1 aromatic rings. The van der Waals surface area contributed by atoms with E-state index in [9.17, 15) is 14.7 Å². The van der Waals surface area contributed by atoms with E-state index in [2.05, 4.69) is 0 Å². The molecule has 0 radical (unpaired) electrons. The molecule has 1 amide bonds. The van der Waals surface area contributed by atoms with Gasteiger partial charge in [-0.2, -0.15) is 0 Å². The lowest BCUT2D eigenvalue weighted by Gasteiger charge is -2.37. The lowest BCUT2D eigenvalue weighted by molar-refractivity contribution is -0.119. The van der Waals surface area contributed by atoms with Crippen LogP contribution in [0.4, 0.5) is 5.69 Å². The summed E-state index contributed by atoms with van der Waals surface area (Å²) in [5.41, 5.74) is 2.01. The van der Waals surface area contributed by atoms with Crippen molar-refractivity contribution in [1.82, 2.24) is 0 Å². The Kier molecular flexibility index (Phi) is 4.09. The van der Waals surface area contributed by atoms with Crippen LogP contribution in [0.2, 0.25) is 0 Å². The average molecular weight is 277 g/mol. The third-order valence-electron chi connectivity index (χ3n) is 3.50. The highest BCUT2D eigenvalue weighted by atomic mass is 16.5. The van der Waals surface area contributed by atoms with Gasteiger partial charge in [-0.1, -0.05) is 6.92 Å². The van der Waals surface area contributed by atoms with E-state index >= 15 is 0 Å². The number of anilines is 1. The smallest absolute Gasteiger partial charge is 0.338 e. The van der Waals surface area contributed by atoms with Crippen molar-refractivity contribution in [2.24, 2.45) is 5.92 Å². The lowest BCUT2D eigenvalue weighted by Crippen LogP contribution is -2.47. The van der Waals surface area contributed by atoms with E-state index in [0.717, 1.165) is 5.56 Å². The van der Waals surface area contributed by atoms with Crippen LogP contribution in [-0.2, 0) is 16.0 Å². The minimum Gasteiger partial charge on any atom is -0.462 e. The van der Waals surface area contributed by atoms with Crippen molar-refractivity contribution in [3.05, 3.63) is 29.3 Å². The second-order valence-corrected chi connectivity index (χ2v) is 5.05. The molecule has 1 aliphatic rings. The van der Waals surface area contributed by atoms with Crippen molar-refractivity contribution in [2.45, 2.75) is 33.4 Å². The number of nitrogens with zero attached hydrogens (tertiary/aromatic N) is 1. The van der Waals surface area contributed by atoms with E-state index in [-0.39, 0.29) is 17.8 Å². The molecule has 0 saturated carbocycles. The van der Waals surface area contributed by atoms with E-state index in [1.165, 1.54) is 11.8 Å². The maximum atomic E-state index is 11.7. The summed E-state index contributed by atoms with van der Waals surface area (Å²) in [6, 6.07) is 5.05. The SMILES string of the molecule is CCOC(=O)c1ccc2c(c1)C[C@@H](C)[C@H](O)N2C(C)=O. The summed E-state index contributed by atoms with van der Waals surface area (Å²) in [5.74, 6) is -0.665. The Labute approximate surface area is 118 Å². The van der Waals surface area contributed by atoms with Gasteiger partial charge in [0.1, 0.15) is 6.23 Å². The molecule has 5 heteroatoms. The third kappa shape index (κ3) is 2.54. The van der Waals surface area contributed by atoms with Gasteiger partial charge < -0.3 is 9.84 Å². The Morgan fingerprint density at radius 2 is 2.15 bits per heavy atom. The van der Waals surface area contributed by atoms with Crippen molar-refractivity contribution in [2.75, 3.05) is 11.5 Å². The van der Waals surface area contributed by atoms with Crippen LogP contribution in [0.3, 0.4) is 0 Å². The second-order valence-electron chi connectivity index (χ2n) is 5.05. The van der Waals surface area contributed by atoms with E-state index in [4.69, 9.17) is 4.74 Å². The van der Waals surface area contributed by atoms with Gasteiger partial charge >= 0.3 is 5.97 Å². The predicted molar refractivity (Wildman–Crippen MR) is 74.4 cm³/mol. The van der Waals surface area contributed by atoms with Crippen molar-refractivity contribution in [3.63, 3.8) is 0 Å². The van der Waals surface area contributed by atoms with Crippen LogP contribution in [0.5, 0.6) is 0 Å². The number of fused-ring (bicyclic) bond motifs is 1. The van der Waals surface area contributed by atoms with Crippen molar-refractivity contribution in [1.29, 1.82) is 0 Å². The minimum absolute atomic E-state index is 0.0798. The van der Waals surface area contributed by atoms with E-state index in [0.29, 0.717) is 24.3 Å². The van der Waals surface area contributed by atoms with Crippen molar-refractivity contribution in [3.8, 4) is 0 Å². The van der Waals surface area contributed by atoms with Gasteiger partial charge in [0.05, 0.1) is 12.2 Å². The predicted octanol–water partition coefficient (Wildman–Crippen LogP) is 1.73. The number of hydrogen-bond donors (Lipinski definition) is 1. The molecule has 0 aliphatic carbocycles. The fourth-order valence-corrected chi connectivity index (χ4v) is 2.53. The highest BCUT2D eigenvalue weighted by Crippen LogP contribution is 2.33.